The number of rotatable bonds is 6. The van der Waals surface area contributed by atoms with Crippen LogP contribution in [0.2, 0.25) is 0 Å². The fourth-order valence-corrected chi connectivity index (χ4v) is 4.37. The average Bonchev–Trinajstić information content (AvgIpc) is 3.23. The fraction of sp³-hybridized carbons (Fsp3) is 0.381. The summed E-state index contributed by atoms with van der Waals surface area (Å²) in [5.74, 6) is -1.28. The first-order valence-corrected chi connectivity index (χ1v) is 10.6. The first-order chi connectivity index (χ1) is 14.0. The van der Waals surface area contributed by atoms with Crippen molar-refractivity contribution in [2.75, 3.05) is 19.7 Å². The largest absolute Gasteiger partial charge is 0.484 e. The van der Waals surface area contributed by atoms with Crippen LogP contribution in [0.15, 0.2) is 47.4 Å². The molecule has 5 nitrogen and oxygen atoms in total. The van der Waals surface area contributed by atoms with Crippen molar-refractivity contribution in [1.29, 1.82) is 0 Å². The summed E-state index contributed by atoms with van der Waals surface area (Å²) in [5.41, 5.74) is 0.743. The molecule has 0 spiro atoms. The van der Waals surface area contributed by atoms with Crippen molar-refractivity contribution in [3.8, 4) is 5.75 Å². The third kappa shape index (κ3) is 6.33. The molecule has 29 heavy (non-hydrogen) atoms. The molecule has 1 amide bonds. The Labute approximate surface area is 171 Å². The first kappa shape index (κ1) is 23.0. The van der Waals surface area contributed by atoms with E-state index in [2.05, 4.69) is 0 Å². The van der Waals surface area contributed by atoms with E-state index < -0.39 is 22.4 Å². The van der Waals surface area contributed by atoms with E-state index in [0.717, 1.165) is 23.8 Å². The van der Waals surface area contributed by atoms with Crippen molar-refractivity contribution in [2.24, 2.45) is 0 Å². The molecular weight excluding hydrogens is 400 g/mol. The lowest BCUT2D eigenvalue weighted by atomic mass is 10.2. The van der Waals surface area contributed by atoms with Gasteiger partial charge in [-0.1, -0.05) is 26.0 Å². The van der Waals surface area contributed by atoms with Gasteiger partial charge in [-0.2, -0.15) is 0 Å². The van der Waals surface area contributed by atoms with Crippen LogP contribution in [0.1, 0.15) is 25.8 Å². The van der Waals surface area contributed by atoms with E-state index in [9.17, 15) is 17.8 Å². The molecule has 0 bridgehead atoms. The topological polar surface area (TPSA) is 66.8 Å². The first-order valence-electron chi connectivity index (χ1n) is 9.43. The normalized spacial score (nSPS) is 16.7. The van der Waals surface area contributed by atoms with Crippen LogP contribution in [0.3, 0.4) is 0 Å². The maximum absolute atomic E-state index is 13.3. The van der Waals surface area contributed by atoms with Gasteiger partial charge in [-0.05, 0) is 36.2 Å². The number of aliphatic hydroxyl groups excluding tert-OH is 1. The van der Waals surface area contributed by atoms with Crippen molar-refractivity contribution in [3.63, 3.8) is 0 Å². The van der Waals surface area contributed by atoms with E-state index in [1.165, 1.54) is 0 Å². The van der Waals surface area contributed by atoms with Gasteiger partial charge in [0.2, 0.25) is 0 Å². The van der Waals surface area contributed by atoms with E-state index >= 15 is 0 Å². The van der Waals surface area contributed by atoms with Gasteiger partial charge >= 0.3 is 0 Å². The smallest absolute Gasteiger partial charge is 0.260 e. The molecule has 0 aliphatic carbocycles. The predicted octanol–water partition coefficient (Wildman–Crippen LogP) is 3.27. The molecule has 2 unspecified atom stereocenters. The standard InChI is InChI=1S/C19H19F2NO4S.C2H6/c20-14-7-15(21)9-18(8-14)27(25)17-5-6-22(10-17)19(24)12-26-16-3-1-13(11-23)2-4-16;1-2/h1-4,7-9,17,23H,5-6,10-12H2;1-2H3. The Morgan fingerprint density at radius 3 is 2.38 bits per heavy atom. The van der Waals surface area contributed by atoms with E-state index in [0.29, 0.717) is 18.7 Å². The minimum Gasteiger partial charge on any atom is -0.484 e. The van der Waals surface area contributed by atoms with Gasteiger partial charge in [0, 0.05) is 24.1 Å². The highest BCUT2D eigenvalue weighted by molar-refractivity contribution is 7.85. The summed E-state index contributed by atoms with van der Waals surface area (Å²) < 4.78 is 44.6. The monoisotopic (exact) mass is 425 g/mol. The summed E-state index contributed by atoms with van der Waals surface area (Å²) >= 11 is 0. The number of hydrogen-bond acceptors (Lipinski definition) is 4. The molecule has 8 heteroatoms. The summed E-state index contributed by atoms with van der Waals surface area (Å²) in [6, 6.07) is 9.58. The Balaban J connectivity index is 0.00000145. The summed E-state index contributed by atoms with van der Waals surface area (Å²) in [6.07, 6.45) is 0.488. The molecule has 2 aromatic rings. The molecule has 158 valence electrons. The van der Waals surface area contributed by atoms with Crippen LogP contribution < -0.4 is 4.74 Å². The summed E-state index contributed by atoms with van der Waals surface area (Å²) in [4.78, 5) is 13.9. The molecule has 1 fully saturated rings. The van der Waals surface area contributed by atoms with Crippen molar-refractivity contribution in [3.05, 3.63) is 59.7 Å². The highest BCUT2D eigenvalue weighted by Gasteiger charge is 2.31. The van der Waals surface area contributed by atoms with Gasteiger partial charge in [0.25, 0.3) is 5.91 Å². The molecule has 1 N–H and O–H groups in total. The van der Waals surface area contributed by atoms with E-state index in [1.807, 2.05) is 13.8 Å². The fourth-order valence-electron chi connectivity index (χ4n) is 2.89. The Kier molecular flexibility index (Phi) is 8.72. The maximum atomic E-state index is 13.3. The number of aliphatic hydroxyl groups is 1. The number of carbonyl (C=O) groups excluding carboxylic acids is 1. The Bertz CT molecular complexity index is 825. The van der Waals surface area contributed by atoms with Crippen LogP contribution in [0.4, 0.5) is 8.78 Å². The van der Waals surface area contributed by atoms with Gasteiger partial charge in [-0.15, -0.1) is 0 Å². The highest BCUT2D eigenvalue weighted by Crippen LogP contribution is 2.22. The lowest BCUT2D eigenvalue weighted by Crippen LogP contribution is -2.34. The molecule has 2 aromatic carbocycles. The van der Waals surface area contributed by atoms with Gasteiger partial charge in [0.05, 0.1) is 22.7 Å². The molecule has 1 saturated heterocycles. The number of nitrogens with zero attached hydrogens (tertiary/aromatic N) is 1. The quantitative estimate of drug-likeness (QED) is 0.772. The number of likely N-dealkylation sites (tertiary alicyclic amines) is 1. The number of hydrogen-bond donors (Lipinski definition) is 1. The van der Waals surface area contributed by atoms with Crippen LogP contribution in [0, 0.1) is 11.6 Å². The Hall–Kier alpha value is -2.32. The molecule has 2 atom stereocenters. The van der Waals surface area contributed by atoms with Crippen LogP contribution in [-0.4, -0.2) is 45.1 Å². The minimum atomic E-state index is -1.60. The molecule has 1 aliphatic heterocycles. The third-order valence-corrected chi connectivity index (χ3v) is 6.03. The molecular formula is C21H25F2NO4S. The van der Waals surface area contributed by atoms with Gasteiger partial charge in [-0.25, -0.2) is 8.78 Å². The highest BCUT2D eigenvalue weighted by atomic mass is 32.2. The van der Waals surface area contributed by atoms with Crippen LogP contribution in [0.25, 0.3) is 0 Å². The summed E-state index contributed by atoms with van der Waals surface area (Å²) in [7, 11) is -1.60. The van der Waals surface area contributed by atoms with E-state index in [1.54, 1.807) is 29.2 Å². The number of ether oxygens (including phenoxy) is 1. The molecule has 0 radical (unpaired) electrons. The predicted molar refractivity (Wildman–Crippen MR) is 107 cm³/mol. The molecule has 1 aliphatic rings. The molecule has 0 aromatic heterocycles. The second-order valence-corrected chi connectivity index (χ2v) is 7.98. The number of halogens is 2. The van der Waals surface area contributed by atoms with Crippen molar-refractivity contribution < 1.29 is 27.6 Å². The molecule has 1 heterocycles. The third-order valence-electron chi connectivity index (χ3n) is 4.34. The van der Waals surface area contributed by atoms with Crippen LogP contribution in [-0.2, 0) is 22.2 Å². The Morgan fingerprint density at radius 1 is 1.17 bits per heavy atom. The number of amides is 1. The zero-order valence-corrected chi connectivity index (χ0v) is 17.3. The summed E-state index contributed by atoms with van der Waals surface area (Å²) in [5, 5.41) is 8.63. The van der Waals surface area contributed by atoms with Gasteiger partial charge in [0.15, 0.2) is 6.61 Å². The lowest BCUT2D eigenvalue weighted by molar-refractivity contribution is -0.132. The van der Waals surface area contributed by atoms with Crippen LogP contribution in [0.5, 0.6) is 5.75 Å². The van der Waals surface area contributed by atoms with Crippen molar-refractivity contribution in [2.45, 2.75) is 37.0 Å². The Morgan fingerprint density at radius 2 is 1.79 bits per heavy atom. The second-order valence-electron chi connectivity index (χ2n) is 6.24. The maximum Gasteiger partial charge on any atom is 0.260 e. The van der Waals surface area contributed by atoms with Crippen molar-refractivity contribution >= 4 is 16.7 Å². The SMILES string of the molecule is CC.O=C(COc1ccc(CO)cc1)N1CCC(S(=O)c2cc(F)cc(F)c2)C1. The van der Waals surface area contributed by atoms with Gasteiger partial charge in [-0.3, -0.25) is 9.00 Å². The average molecular weight is 425 g/mol. The van der Waals surface area contributed by atoms with Gasteiger partial charge < -0.3 is 14.7 Å². The second kappa shape index (κ2) is 11.0. The zero-order valence-electron chi connectivity index (χ0n) is 16.4. The molecule has 3 rings (SSSR count). The number of carbonyl (C=O) groups is 1. The minimum absolute atomic E-state index is 0.0687. The van der Waals surface area contributed by atoms with E-state index in [4.69, 9.17) is 9.84 Å². The van der Waals surface area contributed by atoms with E-state index in [-0.39, 0.29) is 35.8 Å². The summed E-state index contributed by atoms with van der Waals surface area (Å²) in [6.45, 7) is 4.43. The zero-order chi connectivity index (χ0) is 21.4. The van der Waals surface area contributed by atoms with Gasteiger partial charge in [0.1, 0.15) is 17.4 Å². The van der Waals surface area contributed by atoms with Crippen LogP contribution >= 0.6 is 0 Å². The van der Waals surface area contributed by atoms with Crippen molar-refractivity contribution in [1.82, 2.24) is 4.90 Å². The lowest BCUT2D eigenvalue weighted by Gasteiger charge is -2.17. The number of benzene rings is 2. The molecule has 0 saturated carbocycles.